The van der Waals surface area contributed by atoms with Gasteiger partial charge >= 0.3 is 0 Å². The van der Waals surface area contributed by atoms with Gasteiger partial charge in [0.15, 0.2) is 0 Å². The van der Waals surface area contributed by atoms with Gasteiger partial charge in [-0.3, -0.25) is 0 Å². The number of benzene rings is 1. The van der Waals surface area contributed by atoms with Crippen molar-refractivity contribution >= 4 is 21.4 Å². The van der Waals surface area contributed by atoms with E-state index < -0.39 is 6.10 Å². The average molecular weight is 306 g/mol. The van der Waals surface area contributed by atoms with Gasteiger partial charge < -0.3 is 10.0 Å². The van der Waals surface area contributed by atoms with E-state index in [2.05, 4.69) is 10.1 Å². The van der Waals surface area contributed by atoms with Crippen molar-refractivity contribution in [3.8, 4) is 0 Å². The summed E-state index contributed by atoms with van der Waals surface area (Å²) in [4.78, 5) is 7.04. The first-order valence-corrected chi connectivity index (χ1v) is 7.32. The summed E-state index contributed by atoms with van der Waals surface area (Å²) in [5.74, 6) is -0.309. The van der Waals surface area contributed by atoms with Crippen molar-refractivity contribution in [1.82, 2.24) is 14.6 Å². The number of aromatic nitrogens is 3. The van der Waals surface area contributed by atoms with Crippen LogP contribution in [0.4, 0.5) is 9.52 Å². The minimum absolute atomic E-state index is 0.309. The number of aliphatic hydroxyl groups excluding tert-OH is 1. The smallest absolute Gasteiger partial charge is 0.214 e. The Hall–Kier alpha value is -1.99. The zero-order chi connectivity index (χ0) is 15.0. The summed E-state index contributed by atoms with van der Waals surface area (Å²) in [5, 5.41) is 15.4. The maximum absolute atomic E-state index is 12.9. The lowest BCUT2D eigenvalue weighted by molar-refractivity contribution is 0.185. The SMILES string of the molecule is Cc1cn2nc(N(C)CC(O)c3ccc(F)cc3)sc2n1. The van der Waals surface area contributed by atoms with Gasteiger partial charge in [-0.2, -0.15) is 0 Å². The van der Waals surface area contributed by atoms with Crippen LogP contribution in [-0.2, 0) is 0 Å². The molecule has 0 spiro atoms. The molecule has 110 valence electrons. The molecule has 3 aromatic rings. The van der Waals surface area contributed by atoms with Crippen molar-refractivity contribution in [3.05, 3.63) is 47.5 Å². The molecule has 1 aromatic carbocycles. The van der Waals surface area contributed by atoms with Crippen molar-refractivity contribution in [2.45, 2.75) is 13.0 Å². The third-order valence-corrected chi connectivity index (χ3v) is 4.22. The summed E-state index contributed by atoms with van der Waals surface area (Å²) in [5.41, 5.74) is 1.61. The maximum Gasteiger partial charge on any atom is 0.214 e. The highest BCUT2D eigenvalue weighted by Gasteiger charge is 2.15. The average Bonchev–Trinajstić information content (AvgIpc) is 2.96. The first-order chi connectivity index (χ1) is 10.0. The molecule has 0 radical (unpaired) electrons. The van der Waals surface area contributed by atoms with E-state index in [1.165, 1.54) is 23.5 Å². The van der Waals surface area contributed by atoms with Crippen LogP contribution in [0.2, 0.25) is 0 Å². The Morgan fingerprint density at radius 1 is 1.38 bits per heavy atom. The molecule has 0 bridgehead atoms. The molecule has 2 aromatic heterocycles. The summed E-state index contributed by atoms with van der Waals surface area (Å²) in [6.45, 7) is 2.30. The van der Waals surface area contributed by atoms with Gasteiger partial charge in [-0.25, -0.2) is 13.9 Å². The van der Waals surface area contributed by atoms with Crippen LogP contribution in [0, 0.1) is 12.7 Å². The number of imidazole rings is 1. The quantitative estimate of drug-likeness (QED) is 0.804. The fourth-order valence-corrected chi connectivity index (χ4v) is 2.98. The lowest BCUT2D eigenvalue weighted by Gasteiger charge is -2.19. The van der Waals surface area contributed by atoms with Crippen molar-refractivity contribution < 1.29 is 9.50 Å². The summed E-state index contributed by atoms with van der Waals surface area (Å²) >= 11 is 1.46. The molecule has 1 N–H and O–H groups in total. The highest BCUT2D eigenvalue weighted by Crippen LogP contribution is 2.24. The van der Waals surface area contributed by atoms with E-state index >= 15 is 0 Å². The van der Waals surface area contributed by atoms with Gasteiger partial charge in [0, 0.05) is 13.6 Å². The molecule has 1 atom stereocenters. The first kappa shape index (κ1) is 14.0. The number of aryl methyl sites for hydroxylation is 1. The molecule has 0 fully saturated rings. The lowest BCUT2D eigenvalue weighted by atomic mass is 10.1. The number of aliphatic hydroxyl groups is 1. The summed E-state index contributed by atoms with van der Waals surface area (Å²) in [7, 11) is 1.86. The van der Waals surface area contributed by atoms with Crippen LogP contribution in [0.25, 0.3) is 4.96 Å². The summed E-state index contributed by atoms with van der Waals surface area (Å²) in [6, 6.07) is 5.87. The van der Waals surface area contributed by atoms with E-state index in [4.69, 9.17) is 0 Å². The van der Waals surface area contributed by atoms with E-state index in [1.54, 1.807) is 16.6 Å². The van der Waals surface area contributed by atoms with Gasteiger partial charge in [-0.05, 0) is 24.6 Å². The largest absolute Gasteiger partial charge is 0.387 e. The minimum atomic E-state index is -0.700. The van der Waals surface area contributed by atoms with Crippen LogP contribution in [0.5, 0.6) is 0 Å². The fraction of sp³-hybridized carbons (Fsp3) is 0.286. The van der Waals surface area contributed by atoms with Crippen LogP contribution >= 0.6 is 11.3 Å². The Labute approximate surface area is 125 Å². The van der Waals surface area contributed by atoms with Gasteiger partial charge in [0.1, 0.15) is 5.82 Å². The van der Waals surface area contributed by atoms with Crippen LogP contribution < -0.4 is 4.90 Å². The second-order valence-electron chi connectivity index (χ2n) is 4.94. The number of likely N-dealkylation sites (N-methyl/N-ethyl adjacent to an activating group) is 1. The van der Waals surface area contributed by atoms with Crippen molar-refractivity contribution in [2.24, 2.45) is 0 Å². The topological polar surface area (TPSA) is 53.7 Å². The van der Waals surface area contributed by atoms with Gasteiger partial charge in [0.05, 0.1) is 18.0 Å². The number of nitrogens with zero attached hydrogens (tertiary/aromatic N) is 4. The molecular weight excluding hydrogens is 291 g/mol. The number of rotatable bonds is 4. The molecule has 2 heterocycles. The van der Waals surface area contributed by atoms with E-state index in [0.717, 1.165) is 15.8 Å². The molecular formula is C14H15FN4OS. The number of halogens is 1. The highest BCUT2D eigenvalue weighted by molar-refractivity contribution is 7.20. The minimum Gasteiger partial charge on any atom is -0.387 e. The second kappa shape index (κ2) is 5.42. The monoisotopic (exact) mass is 306 g/mol. The standard InChI is InChI=1S/C14H15FN4OS/c1-9-7-19-13(16-9)21-14(17-19)18(2)8-12(20)10-3-5-11(15)6-4-10/h3-7,12,20H,8H2,1-2H3. The molecule has 7 heteroatoms. The summed E-state index contributed by atoms with van der Waals surface area (Å²) in [6.07, 6.45) is 1.16. The Bertz CT molecular complexity index is 721. The van der Waals surface area contributed by atoms with E-state index in [0.29, 0.717) is 12.1 Å². The van der Waals surface area contributed by atoms with Gasteiger partial charge in [-0.1, -0.05) is 23.5 Å². The van der Waals surface area contributed by atoms with Crippen molar-refractivity contribution in [2.75, 3.05) is 18.5 Å². The Morgan fingerprint density at radius 3 is 2.76 bits per heavy atom. The molecule has 21 heavy (non-hydrogen) atoms. The third-order valence-electron chi connectivity index (χ3n) is 3.18. The van der Waals surface area contributed by atoms with E-state index in [1.807, 2.05) is 25.1 Å². The molecule has 0 saturated heterocycles. The summed E-state index contributed by atoms with van der Waals surface area (Å²) < 4.78 is 14.6. The molecule has 0 aliphatic heterocycles. The molecule has 0 aliphatic rings. The van der Waals surface area contributed by atoms with E-state index in [9.17, 15) is 9.50 Å². The van der Waals surface area contributed by atoms with Gasteiger partial charge in [0.25, 0.3) is 0 Å². The lowest BCUT2D eigenvalue weighted by Crippen LogP contribution is -2.24. The van der Waals surface area contributed by atoms with Gasteiger partial charge in [0.2, 0.25) is 10.1 Å². The van der Waals surface area contributed by atoms with Crippen molar-refractivity contribution in [1.29, 1.82) is 0 Å². The maximum atomic E-state index is 12.9. The van der Waals surface area contributed by atoms with Gasteiger partial charge in [-0.15, -0.1) is 5.10 Å². The van der Waals surface area contributed by atoms with Crippen LogP contribution in [0.15, 0.2) is 30.5 Å². The Balaban J connectivity index is 1.73. The molecule has 1 unspecified atom stereocenters. The third kappa shape index (κ3) is 2.88. The normalized spacial score (nSPS) is 12.8. The fourth-order valence-electron chi connectivity index (χ4n) is 2.08. The number of hydrogen-bond donors (Lipinski definition) is 1. The highest BCUT2D eigenvalue weighted by atomic mass is 32.1. The zero-order valence-electron chi connectivity index (χ0n) is 11.7. The van der Waals surface area contributed by atoms with E-state index in [-0.39, 0.29) is 5.82 Å². The number of fused-ring (bicyclic) bond motifs is 1. The Morgan fingerprint density at radius 2 is 2.10 bits per heavy atom. The molecule has 5 nitrogen and oxygen atoms in total. The molecule has 0 saturated carbocycles. The number of hydrogen-bond acceptors (Lipinski definition) is 5. The molecule has 0 amide bonds. The number of anilines is 1. The van der Waals surface area contributed by atoms with Crippen LogP contribution in [0.1, 0.15) is 17.4 Å². The predicted octanol–water partition coefficient (Wildman–Crippen LogP) is 2.41. The molecule has 0 aliphatic carbocycles. The predicted molar refractivity (Wildman–Crippen MR) is 80.2 cm³/mol. The van der Waals surface area contributed by atoms with Crippen LogP contribution in [0.3, 0.4) is 0 Å². The first-order valence-electron chi connectivity index (χ1n) is 6.50. The van der Waals surface area contributed by atoms with Crippen molar-refractivity contribution in [3.63, 3.8) is 0 Å². The molecule has 3 rings (SSSR count). The van der Waals surface area contributed by atoms with Crippen LogP contribution in [-0.4, -0.2) is 33.3 Å². The Kier molecular flexibility index (Phi) is 3.60. The second-order valence-corrected chi connectivity index (χ2v) is 5.88. The zero-order valence-corrected chi connectivity index (χ0v) is 12.5.